The first kappa shape index (κ1) is 15.3. The van der Waals surface area contributed by atoms with Gasteiger partial charge in [-0.1, -0.05) is 29.8 Å². The van der Waals surface area contributed by atoms with E-state index in [9.17, 15) is 4.79 Å². The SMILES string of the molecule is O=c1[nH]c(/C(Cl)=C\c2csc(-c3cccs3)n2)nc2ccccc12. The maximum atomic E-state index is 12.1. The Morgan fingerprint density at radius 1 is 1.12 bits per heavy atom. The van der Waals surface area contributed by atoms with E-state index in [0.717, 1.165) is 15.6 Å². The van der Waals surface area contributed by atoms with Crippen LogP contribution in [0.5, 0.6) is 0 Å². The van der Waals surface area contributed by atoms with Gasteiger partial charge in [-0.15, -0.1) is 22.7 Å². The molecule has 24 heavy (non-hydrogen) atoms. The Morgan fingerprint density at radius 3 is 2.83 bits per heavy atom. The maximum Gasteiger partial charge on any atom is 0.259 e. The second kappa shape index (κ2) is 6.32. The van der Waals surface area contributed by atoms with Gasteiger partial charge >= 0.3 is 0 Å². The molecule has 3 aromatic heterocycles. The smallest absolute Gasteiger partial charge is 0.259 e. The van der Waals surface area contributed by atoms with Gasteiger partial charge in [0, 0.05) is 5.38 Å². The first-order chi connectivity index (χ1) is 11.7. The fourth-order valence-corrected chi connectivity index (χ4v) is 4.06. The Labute approximate surface area is 150 Å². The molecule has 0 unspecified atom stereocenters. The van der Waals surface area contributed by atoms with Crippen LogP contribution in [0.3, 0.4) is 0 Å². The number of thiophene rings is 1. The van der Waals surface area contributed by atoms with Crippen molar-refractivity contribution >= 4 is 56.3 Å². The molecule has 0 aliphatic rings. The van der Waals surface area contributed by atoms with Crippen molar-refractivity contribution < 1.29 is 0 Å². The molecule has 4 nitrogen and oxygen atoms in total. The van der Waals surface area contributed by atoms with Crippen molar-refractivity contribution in [3.8, 4) is 9.88 Å². The molecule has 0 spiro atoms. The van der Waals surface area contributed by atoms with E-state index in [4.69, 9.17) is 11.6 Å². The van der Waals surface area contributed by atoms with E-state index in [1.54, 1.807) is 46.9 Å². The highest BCUT2D eigenvalue weighted by Gasteiger charge is 2.09. The van der Waals surface area contributed by atoms with Crippen molar-refractivity contribution in [3.63, 3.8) is 0 Å². The summed E-state index contributed by atoms with van der Waals surface area (Å²) in [6.45, 7) is 0. The Morgan fingerprint density at radius 2 is 2.00 bits per heavy atom. The molecule has 0 saturated heterocycles. The van der Waals surface area contributed by atoms with Crippen molar-refractivity contribution in [1.82, 2.24) is 15.0 Å². The summed E-state index contributed by atoms with van der Waals surface area (Å²) in [6.07, 6.45) is 1.71. The van der Waals surface area contributed by atoms with Crippen LogP contribution in [0.4, 0.5) is 0 Å². The van der Waals surface area contributed by atoms with Gasteiger partial charge in [-0.05, 0) is 29.7 Å². The van der Waals surface area contributed by atoms with Crippen LogP contribution in [0.15, 0.2) is 52.0 Å². The Bertz CT molecular complexity index is 1100. The average Bonchev–Trinajstić information content (AvgIpc) is 3.26. The zero-order valence-electron chi connectivity index (χ0n) is 12.2. The zero-order valence-corrected chi connectivity index (χ0v) is 14.6. The number of para-hydroxylation sites is 1. The lowest BCUT2D eigenvalue weighted by atomic mass is 10.2. The molecule has 0 bridgehead atoms. The van der Waals surface area contributed by atoms with E-state index in [2.05, 4.69) is 15.0 Å². The van der Waals surface area contributed by atoms with Gasteiger partial charge in [-0.3, -0.25) is 4.79 Å². The predicted molar refractivity (Wildman–Crippen MR) is 102 cm³/mol. The summed E-state index contributed by atoms with van der Waals surface area (Å²) in [5.74, 6) is 0.339. The van der Waals surface area contributed by atoms with Crippen LogP contribution in [-0.4, -0.2) is 15.0 Å². The molecule has 0 aliphatic heterocycles. The summed E-state index contributed by atoms with van der Waals surface area (Å²) in [6, 6.07) is 11.2. The Kier molecular flexibility index (Phi) is 4.02. The van der Waals surface area contributed by atoms with Crippen LogP contribution >= 0.6 is 34.3 Å². The monoisotopic (exact) mass is 371 g/mol. The molecule has 0 saturated carbocycles. The van der Waals surface area contributed by atoms with Gasteiger partial charge in [0.2, 0.25) is 0 Å². The van der Waals surface area contributed by atoms with Gasteiger partial charge < -0.3 is 4.98 Å². The molecule has 118 valence electrons. The first-order valence-electron chi connectivity index (χ1n) is 7.07. The van der Waals surface area contributed by atoms with Crippen LogP contribution in [0.2, 0.25) is 0 Å². The fourth-order valence-electron chi connectivity index (χ4n) is 2.26. The van der Waals surface area contributed by atoms with Gasteiger partial charge in [0.15, 0.2) is 5.82 Å². The van der Waals surface area contributed by atoms with Crippen molar-refractivity contribution in [2.45, 2.75) is 0 Å². The van der Waals surface area contributed by atoms with Crippen molar-refractivity contribution in [1.29, 1.82) is 0 Å². The summed E-state index contributed by atoms with van der Waals surface area (Å²) < 4.78 is 0. The summed E-state index contributed by atoms with van der Waals surface area (Å²) in [5, 5.41) is 5.78. The fraction of sp³-hybridized carbons (Fsp3) is 0. The minimum Gasteiger partial charge on any atom is -0.305 e. The topological polar surface area (TPSA) is 58.6 Å². The molecule has 0 atom stereocenters. The van der Waals surface area contributed by atoms with Crippen molar-refractivity contribution in [3.05, 3.63) is 69.0 Å². The van der Waals surface area contributed by atoms with E-state index in [-0.39, 0.29) is 5.56 Å². The molecule has 4 aromatic rings. The summed E-state index contributed by atoms with van der Waals surface area (Å²) in [7, 11) is 0. The molecular formula is C17H10ClN3OS2. The highest BCUT2D eigenvalue weighted by molar-refractivity contribution is 7.20. The predicted octanol–water partition coefficient (Wildman–Crippen LogP) is 4.85. The largest absolute Gasteiger partial charge is 0.305 e. The van der Waals surface area contributed by atoms with Gasteiger partial charge in [0.25, 0.3) is 5.56 Å². The zero-order chi connectivity index (χ0) is 16.5. The highest BCUT2D eigenvalue weighted by atomic mass is 35.5. The third-order valence-electron chi connectivity index (χ3n) is 3.37. The number of benzene rings is 1. The van der Waals surface area contributed by atoms with E-state index >= 15 is 0 Å². The lowest BCUT2D eigenvalue weighted by Gasteiger charge is -2.01. The number of nitrogens with zero attached hydrogens (tertiary/aromatic N) is 2. The van der Waals surface area contributed by atoms with E-state index < -0.39 is 0 Å². The number of aromatic nitrogens is 3. The Hall–Kier alpha value is -2.28. The van der Waals surface area contributed by atoms with Crippen LogP contribution in [0.1, 0.15) is 11.5 Å². The van der Waals surface area contributed by atoms with Gasteiger partial charge in [0.05, 0.1) is 26.5 Å². The molecule has 0 fully saturated rings. The van der Waals surface area contributed by atoms with Gasteiger partial charge in [0.1, 0.15) is 5.01 Å². The van der Waals surface area contributed by atoms with E-state index in [1.165, 1.54) is 0 Å². The lowest BCUT2D eigenvalue weighted by Crippen LogP contribution is -2.10. The van der Waals surface area contributed by atoms with Crippen LogP contribution in [0, 0.1) is 0 Å². The molecule has 0 radical (unpaired) electrons. The molecule has 7 heteroatoms. The van der Waals surface area contributed by atoms with Crippen LogP contribution in [-0.2, 0) is 0 Å². The molecule has 0 amide bonds. The number of aromatic amines is 1. The van der Waals surface area contributed by atoms with Crippen molar-refractivity contribution in [2.75, 3.05) is 0 Å². The molecule has 3 heterocycles. The molecular weight excluding hydrogens is 362 g/mol. The normalized spacial score (nSPS) is 12.0. The lowest BCUT2D eigenvalue weighted by molar-refractivity contribution is 1.13. The summed E-state index contributed by atoms with van der Waals surface area (Å²) in [4.78, 5) is 24.9. The second-order valence-electron chi connectivity index (χ2n) is 4.98. The molecule has 0 aliphatic carbocycles. The standard InChI is InChI=1S/C17H10ClN3OS2/c18-12(8-10-9-24-17(19-10)14-6-3-7-23-14)15-20-13-5-2-1-4-11(13)16(22)21-15/h1-9H,(H,20,21,22)/b12-8+. The number of thiazole rings is 1. The minimum atomic E-state index is -0.209. The third kappa shape index (κ3) is 2.91. The van der Waals surface area contributed by atoms with Crippen LogP contribution < -0.4 is 5.56 Å². The summed E-state index contributed by atoms with van der Waals surface area (Å²) in [5.41, 5.74) is 1.14. The number of fused-ring (bicyclic) bond motifs is 1. The number of halogens is 1. The molecule has 1 N–H and O–H groups in total. The Balaban J connectivity index is 1.72. The van der Waals surface area contributed by atoms with E-state index in [0.29, 0.717) is 21.8 Å². The molecule has 1 aromatic carbocycles. The quantitative estimate of drug-likeness (QED) is 0.560. The van der Waals surface area contributed by atoms with Gasteiger partial charge in [-0.25, -0.2) is 9.97 Å². The maximum absolute atomic E-state index is 12.1. The number of rotatable bonds is 3. The first-order valence-corrected chi connectivity index (χ1v) is 9.20. The average molecular weight is 372 g/mol. The van der Waals surface area contributed by atoms with Gasteiger partial charge in [-0.2, -0.15) is 0 Å². The highest BCUT2D eigenvalue weighted by Crippen LogP contribution is 2.29. The van der Waals surface area contributed by atoms with Crippen LogP contribution in [0.25, 0.3) is 31.9 Å². The number of hydrogen-bond acceptors (Lipinski definition) is 5. The number of H-pyrrole nitrogens is 1. The summed E-state index contributed by atoms with van der Waals surface area (Å²) >= 11 is 9.54. The number of nitrogens with one attached hydrogen (secondary N) is 1. The second-order valence-corrected chi connectivity index (χ2v) is 7.19. The van der Waals surface area contributed by atoms with E-state index in [1.807, 2.05) is 29.0 Å². The molecule has 4 rings (SSSR count). The minimum absolute atomic E-state index is 0.209. The number of hydrogen-bond donors (Lipinski definition) is 1. The van der Waals surface area contributed by atoms with Crippen molar-refractivity contribution in [2.24, 2.45) is 0 Å². The third-order valence-corrected chi connectivity index (χ3v) is 5.56.